The third-order valence-electron chi connectivity index (χ3n) is 14.7. The van der Waals surface area contributed by atoms with Gasteiger partial charge in [-0.3, -0.25) is 0 Å². The topological polar surface area (TPSA) is 0 Å². The van der Waals surface area contributed by atoms with Crippen molar-refractivity contribution in [2.24, 2.45) is 0 Å². The van der Waals surface area contributed by atoms with E-state index in [1.54, 1.807) is 22.3 Å². The van der Waals surface area contributed by atoms with Gasteiger partial charge in [0.25, 0.3) is 0 Å². The second kappa shape index (κ2) is 18.5. The van der Waals surface area contributed by atoms with Crippen LogP contribution in [0.4, 0.5) is 0 Å². The third-order valence-corrected chi connectivity index (χ3v) is 27.7. The van der Waals surface area contributed by atoms with Crippen LogP contribution in [0.15, 0.2) is 193 Å². The van der Waals surface area contributed by atoms with Crippen LogP contribution in [0.25, 0.3) is 78.9 Å². The number of benzene rings is 8. The summed E-state index contributed by atoms with van der Waals surface area (Å²) in [6.45, 7) is 9.67. The Balaban J connectivity index is 0.00000266. The maximum atomic E-state index is 2.67. The zero-order valence-electron chi connectivity index (χ0n) is 37.7. The molecule has 0 nitrogen and oxygen atoms in total. The molecule has 1 saturated heterocycles. The predicted octanol–water partition coefficient (Wildman–Crippen LogP) is 11.7. The molecule has 0 radical (unpaired) electrons. The first-order chi connectivity index (χ1) is 30.9. The molecule has 3 heteroatoms. The van der Waals surface area contributed by atoms with Crippen molar-refractivity contribution in [3.63, 3.8) is 0 Å². The summed E-state index contributed by atoms with van der Waals surface area (Å²) in [7, 11) is 0. The molecule has 0 amide bonds. The average molecular weight is 961 g/mol. The van der Waals surface area contributed by atoms with Crippen LogP contribution < -0.4 is 24.8 Å². The van der Waals surface area contributed by atoms with Crippen LogP contribution in [0.5, 0.6) is 0 Å². The Morgan fingerprint density at radius 1 is 0.369 bits per heavy atom. The number of fused-ring (bicyclic) bond motifs is 2. The van der Waals surface area contributed by atoms with Crippen molar-refractivity contribution >= 4 is 12.2 Å². The summed E-state index contributed by atoms with van der Waals surface area (Å²) in [6.07, 6.45) is 7.56. The van der Waals surface area contributed by atoms with Crippen molar-refractivity contribution in [2.45, 2.75) is 56.0 Å². The molecule has 0 aromatic heterocycles. The molecule has 2 aliphatic carbocycles. The monoisotopic (exact) mass is 958 g/mol. The molecule has 1 heterocycles. The van der Waals surface area contributed by atoms with Gasteiger partial charge in [-0.15, -0.1) is 0 Å². The molecule has 3 aliphatic rings. The fourth-order valence-corrected chi connectivity index (χ4v) is 29.9. The fraction of sp³-hybridized carbons (Fsp3) is 0.161. The molecule has 65 heavy (non-hydrogen) atoms. The smallest absolute Gasteiger partial charge is 1.00 e. The fourth-order valence-electron chi connectivity index (χ4n) is 11.5. The molecule has 2 atom stereocenters. The van der Waals surface area contributed by atoms with E-state index in [4.69, 9.17) is 0 Å². The first kappa shape index (κ1) is 44.9. The van der Waals surface area contributed by atoms with E-state index in [1.165, 1.54) is 97.3 Å². The average Bonchev–Trinajstić information content (AvgIpc) is 3.86. The maximum absolute atomic E-state index is 3.03. The summed E-state index contributed by atoms with van der Waals surface area (Å²) < 4.78 is 4.08. The Hall–Kier alpha value is -5.30. The summed E-state index contributed by atoms with van der Waals surface area (Å²) >= 11 is -3.03. The molecule has 0 spiro atoms. The van der Waals surface area contributed by atoms with Crippen LogP contribution in [0.3, 0.4) is 0 Å². The molecule has 8 aromatic carbocycles. The van der Waals surface area contributed by atoms with Crippen LogP contribution in [-0.2, 0) is 20.3 Å². The van der Waals surface area contributed by atoms with Gasteiger partial charge in [0.1, 0.15) is 0 Å². The molecule has 2 unspecified atom stereocenters. The van der Waals surface area contributed by atoms with Gasteiger partial charge >= 0.3 is 382 Å². The second-order valence-corrected chi connectivity index (χ2v) is 29.7. The Labute approximate surface area is 403 Å². The van der Waals surface area contributed by atoms with E-state index in [2.05, 4.69) is 222 Å². The van der Waals surface area contributed by atoms with Gasteiger partial charge in [0.15, 0.2) is 0 Å². The molecule has 320 valence electrons. The summed E-state index contributed by atoms with van der Waals surface area (Å²) in [5, 5.41) is 0. The molecule has 8 aromatic rings. The van der Waals surface area contributed by atoms with Crippen LogP contribution >= 0.6 is 0 Å². The number of hydrogen-bond acceptors (Lipinski definition) is 0. The quantitative estimate of drug-likeness (QED) is 0.128. The van der Waals surface area contributed by atoms with Gasteiger partial charge in [-0.05, 0) is 0 Å². The predicted molar refractivity (Wildman–Crippen MR) is 267 cm³/mol. The molecule has 1 aliphatic heterocycles. The Morgan fingerprint density at radius 2 is 0.662 bits per heavy atom. The molecule has 0 bridgehead atoms. The molecule has 0 N–H and O–H groups in total. The summed E-state index contributed by atoms with van der Waals surface area (Å²) in [5.41, 5.74) is 28.1. The number of hydrogen-bond donors (Lipinski definition) is 0. The van der Waals surface area contributed by atoms with E-state index in [0.29, 0.717) is 7.25 Å². The van der Waals surface area contributed by atoms with E-state index in [9.17, 15) is 0 Å². The van der Waals surface area contributed by atoms with Crippen molar-refractivity contribution < 1.29 is 45.1 Å². The Bertz CT molecular complexity index is 2770. The third kappa shape index (κ3) is 7.99. The summed E-state index contributed by atoms with van der Waals surface area (Å²) in [4.78, 5) is 0. The van der Waals surface area contributed by atoms with Crippen molar-refractivity contribution in [2.75, 3.05) is 0 Å². The number of halogens is 2. The normalized spacial score (nSPS) is 15.9. The van der Waals surface area contributed by atoms with E-state index in [0.717, 1.165) is 12.8 Å². The second-order valence-electron chi connectivity index (χ2n) is 18.3. The molecule has 0 saturated carbocycles. The Kier molecular flexibility index (Phi) is 12.8. The number of aryl methyl sites for hydroxylation is 2. The summed E-state index contributed by atoms with van der Waals surface area (Å²) in [5.74, 6) is 0. The van der Waals surface area contributed by atoms with E-state index < -0.39 is 20.3 Å². The largest absolute Gasteiger partial charge is 1.00 e. The van der Waals surface area contributed by atoms with E-state index in [-0.39, 0.29) is 24.8 Å². The number of allylic oxidation sites excluding steroid dienone is 2. The van der Waals surface area contributed by atoms with Gasteiger partial charge in [0, 0.05) is 0 Å². The first-order valence-electron chi connectivity index (χ1n) is 23.1. The Morgan fingerprint density at radius 3 is 0.938 bits per heavy atom. The standard InChI is InChI=1S/2C30H25.C2H4.2ClH.Zr/c2*1-3-22-16-29-21(2)14-15-28(30(29)17-22)27-19-25(23-10-6-4-7-11-23)18-26(20-27)24-12-8-5-9-13-24;1-2;;;/h2*4-20H,3H2,1-2H3;1-2H2;2*1H;/q;;;;;+2/p-2. The molecule has 11 rings (SSSR count). The minimum Gasteiger partial charge on any atom is -1.00 e. The number of rotatable bonds is 10. The van der Waals surface area contributed by atoms with Gasteiger partial charge in [-0.2, -0.15) is 0 Å². The first-order valence-corrected chi connectivity index (χ1v) is 29.5. The van der Waals surface area contributed by atoms with Gasteiger partial charge in [-0.1, -0.05) is 0 Å². The molecular weight excluding hydrogens is 907 g/mol. The maximum Gasteiger partial charge on any atom is -1.00 e. The minimum absolute atomic E-state index is 0. The minimum atomic E-state index is -3.03. The van der Waals surface area contributed by atoms with Crippen LogP contribution in [0.2, 0.25) is 8.26 Å². The summed E-state index contributed by atoms with van der Waals surface area (Å²) in [6, 6.07) is 68.0. The van der Waals surface area contributed by atoms with Crippen molar-refractivity contribution in [1.29, 1.82) is 0 Å². The van der Waals surface area contributed by atoms with Gasteiger partial charge in [0.05, 0.1) is 0 Å². The van der Waals surface area contributed by atoms with Crippen molar-refractivity contribution in [3.05, 3.63) is 227 Å². The zero-order valence-corrected chi connectivity index (χ0v) is 41.7. The van der Waals surface area contributed by atoms with Crippen LogP contribution in [0.1, 0.15) is 67.3 Å². The SMILES string of the molecule is CCC1=Cc2c(-c3cc(-c4ccccc4)cc(-c4ccccc4)c3)ccc(C)c2[CH]1[Zr+2]1([CH]2C(CC)=Cc3c(-c4cc(-c5ccccc5)cc(-c5ccccc5)c4)ccc(C)c32)[CH2][CH2]1.[Cl-].[Cl-]. The van der Waals surface area contributed by atoms with Crippen molar-refractivity contribution in [1.82, 2.24) is 0 Å². The van der Waals surface area contributed by atoms with Crippen molar-refractivity contribution in [3.8, 4) is 66.8 Å². The van der Waals surface area contributed by atoms with E-state index >= 15 is 0 Å². The van der Waals surface area contributed by atoms with Gasteiger partial charge in [0.2, 0.25) is 0 Å². The van der Waals surface area contributed by atoms with Gasteiger partial charge in [-0.25, -0.2) is 0 Å². The van der Waals surface area contributed by atoms with Crippen LogP contribution in [-0.4, -0.2) is 0 Å². The molecule has 1 fully saturated rings. The van der Waals surface area contributed by atoms with E-state index in [1.807, 2.05) is 0 Å². The van der Waals surface area contributed by atoms with Gasteiger partial charge < -0.3 is 24.8 Å². The zero-order chi connectivity index (χ0) is 42.7. The van der Waals surface area contributed by atoms with Crippen LogP contribution in [0, 0.1) is 13.8 Å². The molecular formula is C62H54Cl2Zr.